The average Bonchev–Trinajstić information content (AvgIpc) is 3.08. The van der Waals surface area contributed by atoms with Gasteiger partial charge < -0.3 is 4.74 Å². The van der Waals surface area contributed by atoms with Crippen molar-refractivity contribution in [2.45, 2.75) is 20.5 Å². The molecule has 0 radical (unpaired) electrons. The van der Waals surface area contributed by atoms with Gasteiger partial charge in [0.1, 0.15) is 12.4 Å². The van der Waals surface area contributed by atoms with Gasteiger partial charge in [0, 0.05) is 20.3 Å². The third-order valence-corrected chi connectivity index (χ3v) is 5.23. The van der Waals surface area contributed by atoms with E-state index in [1.54, 1.807) is 29.7 Å². The molecule has 1 N–H and O–H groups in total. The van der Waals surface area contributed by atoms with Crippen molar-refractivity contribution in [3.05, 3.63) is 86.1 Å². The maximum Gasteiger partial charge on any atom is 0.271 e. The van der Waals surface area contributed by atoms with Crippen LogP contribution in [-0.4, -0.2) is 12.1 Å². The third kappa shape index (κ3) is 5.42. The lowest BCUT2D eigenvalue weighted by Crippen LogP contribution is -2.17. The molecule has 138 valence electrons. The molecule has 1 heterocycles. The van der Waals surface area contributed by atoms with Gasteiger partial charge in [-0.05, 0) is 67.4 Å². The van der Waals surface area contributed by atoms with E-state index in [9.17, 15) is 4.79 Å². The van der Waals surface area contributed by atoms with Crippen LogP contribution in [-0.2, 0) is 6.61 Å². The lowest BCUT2D eigenvalue weighted by Gasteiger charge is -2.08. The summed E-state index contributed by atoms with van der Waals surface area (Å²) in [6.45, 7) is 4.38. The maximum absolute atomic E-state index is 12.1. The van der Waals surface area contributed by atoms with Gasteiger partial charge in [0.05, 0.1) is 6.21 Å². The molecule has 0 unspecified atom stereocenters. The number of hydrazone groups is 1. The molecular weight excluding hydrogens is 380 g/mol. The first-order valence-electron chi connectivity index (χ1n) is 8.39. The number of hydrogen-bond donors (Lipinski definition) is 1. The summed E-state index contributed by atoms with van der Waals surface area (Å²) in [6.07, 6.45) is 1.64. The fraction of sp³-hybridized carbons (Fsp3) is 0.143. The second-order valence-electron chi connectivity index (χ2n) is 6.04. The van der Waals surface area contributed by atoms with Crippen LogP contribution in [0.2, 0.25) is 5.02 Å². The van der Waals surface area contributed by atoms with Gasteiger partial charge in [-0.25, -0.2) is 5.43 Å². The minimum atomic E-state index is -0.250. The predicted octanol–water partition coefficient (Wildman–Crippen LogP) is 5.36. The van der Waals surface area contributed by atoms with Crippen LogP contribution in [0.25, 0.3) is 0 Å². The zero-order valence-electron chi connectivity index (χ0n) is 15.0. The highest BCUT2D eigenvalue weighted by molar-refractivity contribution is 7.13. The van der Waals surface area contributed by atoms with Crippen LogP contribution in [0.1, 0.15) is 31.2 Å². The third-order valence-electron chi connectivity index (χ3n) is 3.87. The number of benzene rings is 2. The summed E-state index contributed by atoms with van der Waals surface area (Å²) in [5.41, 5.74) is 5.02. The molecule has 4 nitrogen and oxygen atoms in total. The molecule has 0 aliphatic rings. The Morgan fingerprint density at radius 2 is 1.93 bits per heavy atom. The van der Waals surface area contributed by atoms with Crippen molar-refractivity contribution in [1.29, 1.82) is 0 Å². The van der Waals surface area contributed by atoms with Gasteiger partial charge in [-0.1, -0.05) is 23.7 Å². The Kier molecular flexibility index (Phi) is 6.27. The van der Waals surface area contributed by atoms with Crippen molar-refractivity contribution in [2.24, 2.45) is 5.10 Å². The summed E-state index contributed by atoms with van der Waals surface area (Å²) in [7, 11) is 0. The second kappa shape index (κ2) is 8.84. The van der Waals surface area contributed by atoms with E-state index in [4.69, 9.17) is 16.3 Å². The first-order valence-corrected chi connectivity index (χ1v) is 9.58. The number of aryl methyl sites for hydroxylation is 2. The average molecular weight is 399 g/mol. The van der Waals surface area contributed by atoms with E-state index in [0.717, 1.165) is 26.8 Å². The fourth-order valence-electron chi connectivity index (χ4n) is 2.37. The van der Waals surface area contributed by atoms with Gasteiger partial charge in [-0.3, -0.25) is 4.79 Å². The summed E-state index contributed by atoms with van der Waals surface area (Å²) >= 11 is 7.63. The Labute approximate surface area is 167 Å². The summed E-state index contributed by atoms with van der Waals surface area (Å²) in [6, 6.07) is 16.8. The van der Waals surface area contributed by atoms with Crippen LogP contribution in [0, 0.1) is 13.8 Å². The summed E-state index contributed by atoms with van der Waals surface area (Å²) in [4.78, 5) is 14.3. The van der Waals surface area contributed by atoms with Crippen molar-refractivity contribution < 1.29 is 9.53 Å². The van der Waals surface area contributed by atoms with Crippen LogP contribution >= 0.6 is 22.9 Å². The van der Waals surface area contributed by atoms with E-state index in [1.807, 2.05) is 56.3 Å². The molecular formula is C21H19ClN2O2S. The molecule has 1 amide bonds. The molecule has 3 aromatic rings. The van der Waals surface area contributed by atoms with Gasteiger partial charge in [-0.15, -0.1) is 11.3 Å². The van der Waals surface area contributed by atoms with Crippen LogP contribution in [0.4, 0.5) is 0 Å². The number of hydrogen-bond acceptors (Lipinski definition) is 4. The van der Waals surface area contributed by atoms with E-state index in [-0.39, 0.29) is 5.91 Å². The standard InChI is InChI=1S/C21H19ClN2O2S/c1-14-11-18(8-10-20(14)22)26-13-16-4-6-17(7-5-16)21(25)24-23-12-19-9-3-15(2)27-19/h3-12H,13H2,1-2H3,(H,24,25)/b23-12-. The van der Waals surface area contributed by atoms with Crippen LogP contribution in [0.3, 0.4) is 0 Å². The molecule has 3 rings (SSSR count). The monoisotopic (exact) mass is 398 g/mol. The molecule has 1 aromatic heterocycles. The fourth-order valence-corrected chi connectivity index (χ4v) is 3.23. The quantitative estimate of drug-likeness (QED) is 0.448. The normalized spacial score (nSPS) is 10.9. The number of rotatable bonds is 6. The predicted molar refractivity (Wildman–Crippen MR) is 111 cm³/mol. The van der Waals surface area contributed by atoms with Gasteiger partial charge in [0.25, 0.3) is 5.91 Å². The molecule has 2 aromatic carbocycles. The molecule has 27 heavy (non-hydrogen) atoms. The first-order chi connectivity index (χ1) is 13.0. The van der Waals surface area contributed by atoms with Gasteiger partial charge in [-0.2, -0.15) is 5.10 Å². The van der Waals surface area contributed by atoms with Crippen molar-refractivity contribution in [3.8, 4) is 5.75 Å². The smallest absolute Gasteiger partial charge is 0.271 e. The maximum atomic E-state index is 12.1. The highest BCUT2D eigenvalue weighted by atomic mass is 35.5. The molecule has 0 fully saturated rings. The Balaban J connectivity index is 1.53. The largest absolute Gasteiger partial charge is 0.489 e. The first kappa shape index (κ1) is 19.1. The number of carbonyl (C=O) groups is 1. The number of amides is 1. The minimum absolute atomic E-state index is 0.250. The minimum Gasteiger partial charge on any atom is -0.489 e. The number of ether oxygens (including phenoxy) is 1. The topological polar surface area (TPSA) is 50.7 Å². The lowest BCUT2D eigenvalue weighted by molar-refractivity contribution is 0.0955. The van der Waals surface area contributed by atoms with Crippen LogP contribution in [0.5, 0.6) is 5.75 Å². The highest BCUT2D eigenvalue weighted by Crippen LogP contribution is 2.22. The SMILES string of the molecule is Cc1ccc(/C=N\NC(=O)c2ccc(COc3ccc(Cl)c(C)c3)cc2)s1. The van der Waals surface area contributed by atoms with Gasteiger partial charge >= 0.3 is 0 Å². The van der Waals surface area contributed by atoms with E-state index in [0.29, 0.717) is 12.2 Å². The number of nitrogens with zero attached hydrogens (tertiary/aromatic N) is 1. The lowest BCUT2D eigenvalue weighted by atomic mass is 10.1. The molecule has 0 atom stereocenters. The van der Waals surface area contributed by atoms with Crippen molar-refractivity contribution in [3.63, 3.8) is 0 Å². The Morgan fingerprint density at radius 3 is 2.59 bits per heavy atom. The molecule has 0 bridgehead atoms. The molecule has 0 saturated carbocycles. The Hall–Kier alpha value is -2.63. The number of thiophene rings is 1. The Bertz CT molecular complexity index is 965. The number of halogens is 1. The molecule has 6 heteroatoms. The molecule has 0 aliphatic heterocycles. The number of nitrogens with one attached hydrogen (secondary N) is 1. The van der Waals surface area contributed by atoms with Gasteiger partial charge in [0.2, 0.25) is 0 Å². The van der Waals surface area contributed by atoms with E-state index in [1.165, 1.54) is 4.88 Å². The highest BCUT2D eigenvalue weighted by Gasteiger charge is 2.05. The van der Waals surface area contributed by atoms with E-state index >= 15 is 0 Å². The number of carbonyl (C=O) groups excluding carboxylic acids is 1. The van der Waals surface area contributed by atoms with E-state index < -0.39 is 0 Å². The molecule has 0 aliphatic carbocycles. The van der Waals surface area contributed by atoms with Gasteiger partial charge in [0.15, 0.2) is 0 Å². The molecule has 0 saturated heterocycles. The zero-order chi connectivity index (χ0) is 19.2. The second-order valence-corrected chi connectivity index (χ2v) is 7.77. The molecule has 0 spiro atoms. The van der Waals surface area contributed by atoms with E-state index in [2.05, 4.69) is 10.5 Å². The summed E-state index contributed by atoms with van der Waals surface area (Å²) < 4.78 is 5.76. The summed E-state index contributed by atoms with van der Waals surface area (Å²) in [5, 5.41) is 4.71. The van der Waals surface area contributed by atoms with Crippen LogP contribution < -0.4 is 10.2 Å². The summed E-state index contributed by atoms with van der Waals surface area (Å²) in [5.74, 6) is 0.511. The van der Waals surface area contributed by atoms with Crippen LogP contribution in [0.15, 0.2) is 59.7 Å². The van der Waals surface area contributed by atoms with Crippen molar-refractivity contribution in [1.82, 2.24) is 5.43 Å². The Morgan fingerprint density at radius 1 is 1.15 bits per heavy atom. The van der Waals surface area contributed by atoms with Crippen molar-refractivity contribution in [2.75, 3.05) is 0 Å². The zero-order valence-corrected chi connectivity index (χ0v) is 16.6. The van der Waals surface area contributed by atoms with Crippen molar-refractivity contribution >= 4 is 35.1 Å².